The Balaban J connectivity index is 1.84. The fourth-order valence-corrected chi connectivity index (χ4v) is 4.29. The van der Waals surface area contributed by atoms with Gasteiger partial charge in [0.15, 0.2) is 0 Å². The summed E-state index contributed by atoms with van der Waals surface area (Å²) in [5, 5.41) is 3.70. The summed E-state index contributed by atoms with van der Waals surface area (Å²) in [6, 6.07) is 9.55. The van der Waals surface area contributed by atoms with Crippen molar-refractivity contribution >= 4 is 0 Å². The molecule has 1 aromatic heterocycles. The van der Waals surface area contributed by atoms with E-state index in [1.807, 2.05) is 19.2 Å². The average Bonchev–Trinajstić information content (AvgIpc) is 2.50. The molecule has 1 fully saturated rings. The Morgan fingerprint density at radius 1 is 1.27 bits per heavy atom. The van der Waals surface area contributed by atoms with Crippen LogP contribution in [0.25, 0.3) is 11.3 Å². The van der Waals surface area contributed by atoms with Crippen molar-refractivity contribution in [2.45, 2.75) is 45.1 Å². The molecule has 0 radical (unpaired) electrons. The van der Waals surface area contributed by atoms with Crippen molar-refractivity contribution < 1.29 is 0 Å². The van der Waals surface area contributed by atoms with Crippen LogP contribution in [0.5, 0.6) is 0 Å². The zero-order valence-electron chi connectivity index (χ0n) is 13.6. The predicted octanol–water partition coefficient (Wildman–Crippen LogP) is 3.26. The largest absolute Gasteiger partial charge is 0.313 e. The van der Waals surface area contributed by atoms with Gasteiger partial charge in [-0.05, 0) is 60.9 Å². The molecule has 2 unspecified atom stereocenters. The Hall–Kier alpha value is -1.74. The third-order valence-corrected chi connectivity index (χ3v) is 5.90. The van der Waals surface area contributed by atoms with Gasteiger partial charge in [0, 0.05) is 17.8 Å². The highest BCUT2D eigenvalue weighted by Gasteiger charge is 2.45. The van der Waals surface area contributed by atoms with E-state index in [0.29, 0.717) is 12.0 Å². The molecule has 22 heavy (non-hydrogen) atoms. The Bertz CT molecular complexity index is 724. The highest BCUT2D eigenvalue weighted by Crippen LogP contribution is 2.46. The molecule has 1 N–H and O–H groups in total. The van der Waals surface area contributed by atoms with Crippen LogP contribution in [-0.4, -0.2) is 22.6 Å². The number of rotatable bonds is 1. The van der Waals surface area contributed by atoms with Crippen LogP contribution in [0, 0.1) is 12.8 Å². The molecule has 4 rings (SSSR count). The lowest BCUT2D eigenvalue weighted by Gasteiger charge is -2.50. The van der Waals surface area contributed by atoms with Gasteiger partial charge in [-0.1, -0.05) is 26.0 Å². The molecule has 2 heterocycles. The van der Waals surface area contributed by atoms with Gasteiger partial charge in [-0.2, -0.15) is 0 Å². The minimum atomic E-state index is 0.279. The van der Waals surface area contributed by atoms with Gasteiger partial charge in [-0.25, -0.2) is 9.97 Å². The Morgan fingerprint density at radius 3 is 2.95 bits per heavy atom. The molecule has 1 saturated heterocycles. The summed E-state index contributed by atoms with van der Waals surface area (Å²) < 4.78 is 0. The lowest BCUT2D eigenvalue weighted by Crippen LogP contribution is -2.56. The number of aromatic nitrogens is 2. The zero-order valence-corrected chi connectivity index (χ0v) is 13.6. The minimum absolute atomic E-state index is 0.279. The highest BCUT2D eigenvalue weighted by atomic mass is 14.9. The molecule has 2 bridgehead atoms. The number of piperidine rings is 1. The van der Waals surface area contributed by atoms with Gasteiger partial charge in [-0.15, -0.1) is 0 Å². The number of hydrogen-bond donors (Lipinski definition) is 1. The normalized spacial score (nSPS) is 30.0. The quantitative estimate of drug-likeness (QED) is 0.877. The molecule has 2 aromatic rings. The Morgan fingerprint density at radius 2 is 2.14 bits per heavy atom. The summed E-state index contributed by atoms with van der Waals surface area (Å²) >= 11 is 0. The maximum Gasteiger partial charge on any atom is 0.125 e. The topological polar surface area (TPSA) is 37.8 Å². The molecule has 0 spiro atoms. The number of nitrogens with zero attached hydrogens (tertiary/aromatic N) is 2. The van der Waals surface area contributed by atoms with Crippen LogP contribution in [-0.2, 0) is 11.8 Å². The van der Waals surface area contributed by atoms with Crippen molar-refractivity contribution in [3.05, 3.63) is 47.4 Å². The van der Waals surface area contributed by atoms with Crippen molar-refractivity contribution in [2.75, 3.05) is 6.54 Å². The second-order valence-electron chi connectivity index (χ2n) is 7.08. The summed E-state index contributed by atoms with van der Waals surface area (Å²) in [7, 11) is 0. The summed E-state index contributed by atoms with van der Waals surface area (Å²) in [6.07, 6.45) is 4.21. The zero-order chi connectivity index (χ0) is 15.3. The minimum Gasteiger partial charge on any atom is -0.313 e. The summed E-state index contributed by atoms with van der Waals surface area (Å²) in [5.74, 6) is 1.51. The van der Waals surface area contributed by atoms with E-state index >= 15 is 0 Å². The Kier molecular flexibility index (Phi) is 3.08. The summed E-state index contributed by atoms with van der Waals surface area (Å²) in [4.78, 5) is 8.80. The fraction of sp³-hybridized carbons (Fsp3) is 0.474. The first-order chi connectivity index (χ1) is 10.6. The van der Waals surface area contributed by atoms with Gasteiger partial charge in [0.1, 0.15) is 5.82 Å². The lowest BCUT2D eigenvalue weighted by molar-refractivity contribution is 0.158. The maximum absolute atomic E-state index is 4.59. The van der Waals surface area contributed by atoms with E-state index in [9.17, 15) is 0 Å². The molecule has 3 nitrogen and oxygen atoms in total. The lowest BCUT2D eigenvalue weighted by atomic mass is 9.59. The predicted molar refractivity (Wildman–Crippen MR) is 88.8 cm³/mol. The molecule has 3 atom stereocenters. The number of aryl methyl sites for hydroxylation is 1. The molecule has 0 amide bonds. The van der Waals surface area contributed by atoms with Crippen molar-refractivity contribution in [3.8, 4) is 11.3 Å². The van der Waals surface area contributed by atoms with Crippen LogP contribution in [0.2, 0.25) is 0 Å². The highest BCUT2D eigenvalue weighted by molar-refractivity contribution is 5.62. The van der Waals surface area contributed by atoms with Crippen molar-refractivity contribution in [3.63, 3.8) is 0 Å². The third kappa shape index (κ3) is 1.99. The van der Waals surface area contributed by atoms with Crippen LogP contribution < -0.4 is 5.32 Å². The van der Waals surface area contributed by atoms with Crippen molar-refractivity contribution in [1.82, 2.24) is 15.3 Å². The Labute approximate surface area is 132 Å². The fourth-order valence-electron chi connectivity index (χ4n) is 4.29. The monoisotopic (exact) mass is 293 g/mol. The molecular formula is C19H23N3. The molecular weight excluding hydrogens is 270 g/mol. The van der Waals surface area contributed by atoms with Crippen molar-refractivity contribution in [1.29, 1.82) is 0 Å². The molecule has 1 aromatic carbocycles. The molecule has 114 valence electrons. The van der Waals surface area contributed by atoms with Gasteiger partial charge >= 0.3 is 0 Å². The molecule has 0 saturated carbocycles. The first-order valence-electron chi connectivity index (χ1n) is 8.25. The van der Waals surface area contributed by atoms with Crippen LogP contribution in [0.15, 0.2) is 30.5 Å². The SMILES string of the molecule is Cc1nccc(-c2ccc3c(c2)[C@]2(C)CCNC(C3)C2C)n1. The molecule has 1 aliphatic carbocycles. The molecule has 1 aliphatic heterocycles. The third-order valence-electron chi connectivity index (χ3n) is 5.90. The second-order valence-corrected chi connectivity index (χ2v) is 7.08. The second kappa shape index (κ2) is 4.88. The van der Waals surface area contributed by atoms with E-state index in [1.54, 1.807) is 0 Å². The van der Waals surface area contributed by atoms with E-state index in [0.717, 1.165) is 24.5 Å². The van der Waals surface area contributed by atoms with Crippen LogP contribution in [0.3, 0.4) is 0 Å². The molecule has 3 heteroatoms. The summed E-state index contributed by atoms with van der Waals surface area (Å²) in [5.41, 5.74) is 5.57. The van der Waals surface area contributed by atoms with E-state index in [2.05, 4.69) is 47.3 Å². The van der Waals surface area contributed by atoms with E-state index < -0.39 is 0 Å². The number of nitrogens with one attached hydrogen (secondary N) is 1. The number of hydrogen-bond acceptors (Lipinski definition) is 3. The van der Waals surface area contributed by atoms with Crippen LogP contribution in [0.1, 0.15) is 37.2 Å². The first-order valence-corrected chi connectivity index (χ1v) is 8.25. The van der Waals surface area contributed by atoms with Crippen LogP contribution >= 0.6 is 0 Å². The standard InChI is InChI=1S/C19H23N3/c1-12-18-11-14-4-5-15(17-6-8-20-13(2)22-17)10-16(14)19(12,3)7-9-21-18/h4-6,8,10,12,18,21H,7,9,11H2,1-3H3/t12?,18?,19-/m1/s1. The van der Waals surface area contributed by atoms with E-state index in [4.69, 9.17) is 0 Å². The number of benzene rings is 1. The van der Waals surface area contributed by atoms with E-state index in [1.165, 1.54) is 23.1 Å². The maximum atomic E-state index is 4.59. The first kappa shape index (κ1) is 13.9. The van der Waals surface area contributed by atoms with Crippen LogP contribution in [0.4, 0.5) is 0 Å². The summed E-state index contributed by atoms with van der Waals surface area (Å²) in [6.45, 7) is 7.92. The van der Waals surface area contributed by atoms with Gasteiger partial charge in [0.2, 0.25) is 0 Å². The number of fused-ring (bicyclic) bond motifs is 4. The smallest absolute Gasteiger partial charge is 0.125 e. The van der Waals surface area contributed by atoms with E-state index in [-0.39, 0.29) is 5.41 Å². The average molecular weight is 293 g/mol. The van der Waals surface area contributed by atoms with Gasteiger partial charge in [-0.3, -0.25) is 0 Å². The van der Waals surface area contributed by atoms with Gasteiger partial charge in [0.25, 0.3) is 0 Å². The van der Waals surface area contributed by atoms with Gasteiger partial charge in [0.05, 0.1) is 5.69 Å². The molecule has 2 aliphatic rings. The van der Waals surface area contributed by atoms with Gasteiger partial charge < -0.3 is 5.32 Å². The van der Waals surface area contributed by atoms with Crippen molar-refractivity contribution in [2.24, 2.45) is 5.92 Å².